The third-order valence-corrected chi connectivity index (χ3v) is 7.63. The Kier molecular flexibility index (Phi) is 6.42. The average molecular weight is 464 g/mol. The highest BCUT2D eigenvalue weighted by molar-refractivity contribution is 7.92. The van der Waals surface area contributed by atoms with E-state index in [9.17, 15) is 13.2 Å². The summed E-state index contributed by atoms with van der Waals surface area (Å²) in [5.74, 6) is -0.168. The molecule has 0 spiro atoms. The van der Waals surface area contributed by atoms with Gasteiger partial charge in [0.25, 0.3) is 15.9 Å². The van der Waals surface area contributed by atoms with E-state index in [2.05, 4.69) is 21.8 Å². The van der Waals surface area contributed by atoms with E-state index in [4.69, 9.17) is 0 Å². The molecular formula is C26H29N3O3S. The fourth-order valence-corrected chi connectivity index (χ4v) is 6.06. The van der Waals surface area contributed by atoms with Gasteiger partial charge in [-0.1, -0.05) is 48.0 Å². The number of rotatable bonds is 5. The molecule has 0 saturated carbocycles. The number of piperazine rings is 1. The van der Waals surface area contributed by atoms with E-state index in [1.165, 1.54) is 0 Å². The lowest BCUT2D eigenvalue weighted by Crippen LogP contribution is -2.48. The number of aryl methyl sites for hydroxylation is 3. The summed E-state index contributed by atoms with van der Waals surface area (Å²) in [4.78, 5) is 17.6. The number of nitrogens with zero attached hydrogens (tertiary/aromatic N) is 2. The van der Waals surface area contributed by atoms with Crippen molar-refractivity contribution in [2.24, 2.45) is 0 Å². The van der Waals surface area contributed by atoms with Crippen LogP contribution in [0.5, 0.6) is 0 Å². The number of carbonyl (C=O) groups is 1. The monoisotopic (exact) mass is 463 g/mol. The molecule has 0 bridgehead atoms. The number of benzene rings is 3. The van der Waals surface area contributed by atoms with Crippen LogP contribution in [-0.4, -0.2) is 45.4 Å². The van der Waals surface area contributed by atoms with Gasteiger partial charge in [0.15, 0.2) is 0 Å². The molecule has 1 N–H and O–H groups in total. The van der Waals surface area contributed by atoms with Gasteiger partial charge in [0.05, 0.1) is 16.1 Å². The maximum absolute atomic E-state index is 13.3. The van der Waals surface area contributed by atoms with Crippen molar-refractivity contribution in [3.63, 3.8) is 0 Å². The van der Waals surface area contributed by atoms with E-state index in [1.54, 1.807) is 43.0 Å². The Balaban J connectivity index is 1.54. The number of nitrogens with one attached hydrogen (secondary N) is 1. The largest absolute Gasteiger partial charge is 0.368 e. The average Bonchev–Trinajstić information content (AvgIpc) is 2.78. The van der Waals surface area contributed by atoms with Gasteiger partial charge in [-0.15, -0.1) is 0 Å². The van der Waals surface area contributed by atoms with Crippen molar-refractivity contribution in [2.75, 3.05) is 35.8 Å². The van der Waals surface area contributed by atoms with Crippen LogP contribution in [0.3, 0.4) is 0 Å². The third-order valence-electron chi connectivity index (χ3n) is 5.96. The summed E-state index contributed by atoms with van der Waals surface area (Å²) in [5, 5.41) is 0. The summed E-state index contributed by atoms with van der Waals surface area (Å²) < 4.78 is 29.2. The minimum absolute atomic E-state index is 0.168. The lowest BCUT2D eigenvalue weighted by Gasteiger charge is -2.36. The van der Waals surface area contributed by atoms with Crippen LogP contribution in [0.1, 0.15) is 27.0 Å². The van der Waals surface area contributed by atoms with E-state index < -0.39 is 10.0 Å². The Hall–Kier alpha value is -3.32. The van der Waals surface area contributed by atoms with E-state index in [1.807, 2.05) is 37.3 Å². The molecule has 0 atom stereocenters. The minimum atomic E-state index is -3.85. The Morgan fingerprint density at radius 2 is 1.39 bits per heavy atom. The molecule has 0 aliphatic carbocycles. The van der Waals surface area contributed by atoms with Gasteiger partial charge >= 0.3 is 0 Å². The summed E-state index contributed by atoms with van der Waals surface area (Å²) in [7, 11) is -3.85. The number of hydrogen-bond donors (Lipinski definition) is 1. The van der Waals surface area contributed by atoms with Gasteiger partial charge in [0.1, 0.15) is 0 Å². The standard InChI is InChI=1S/C26H29N3O3S/c1-19-17-20(2)25(21(3)18-19)33(31,32)27-24-12-8-7-11-23(24)26(30)29-15-13-28(14-16-29)22-9-5-4-6-10-22/h4-12,17-18,27H,13-16H2,1-3H3. The summed E-state index contributed by atoms with van der Waals surface area (Å²) in [5.41, 5.74) is 4.17. The lowest BCUT2D eigenvalue weighted by molar-refractivity contribution is 0.0748. The van der Waals surface area contributed by atoms with Crippen LogP contribution in [0.25, 0.3) is 0 Å². The summed E-state index contributed by atoms with van der Waals surface area (Å²) in [6, 6.07) is 20.6. The van der Waals surface area contributed by atoms with E-state index in [0.29, 0.717) is 35.5 Å². The molecule has 1 aliphatic rings. The van der Waals surface area contributed by atoms with Crippen molar-refractivity contribution in [1.29, 1.82) is 0 Å². The first-order valence-electron chi connectivity index (χ1n) is 11.1. The van der Waals surface area contributed by atoms with Crippen molar-refractivity contribution in [1.82, 2.24) is 4.90 Å². The van der Waals surface area contributed by atoms with E-state index in [-0.39, 0.29) is 10.8 Å². The highest BCUT2D eigenvalue weighted by Crippen LogP contribution is 2.27. The molecule has 1 saturated heterocycles. The van der Waals surface area contributed by atoms with Gasteiger partial charge in [-0.3, -0.25) is 9.52 Å². The molecule has 3 aromatic rings. The summed E-state index contributed by atoms with van der Waals surface area (Å²) >= 11 is 0. The summed E-state index contributed by atoms with van der Waals surface area (Å²) in [6.45, 7) is 8.12. The number of sulfonamides is 1. The van der Waals surface area contributed by atoms with Crippen LogP contribution < -0.4 is 9.62 Å². The highest BCUT2D eigenvalue weighted by atomic mass is 32.2. The molecule has 1 fully saturated rings. The molecule has 1 heterocycles. The molecule has 172 valence electrons. The molecule has 0 aromatic heterocycles. The van der Waals surface area contributed by atoms with Crippen LogP contribution in [0.2, 0.25) is 0 Å². The zero-order chi connectivity index (χ0) is 23.6. The molecule has 0 unspecified atom stereocenters. The van der Waals surface area contributed by atoms with Gasteiger partial charge in [0.2, 0.25) is 0 Å². The smallest absolute Gasteiger partial charge is 0.262 e. The molecular weight excluding hydrogens is 434 g/mol. The van der Waals surface area contributed by atoms with Crippen LogP contribution in [0.15, 0.2) is 71.6 Å². The van der Waals surface area contributed by atoms with Gasteiger partial charge in [-0.2, -0.15) is 0 Å². The molecule has 6 nitrogen and oxygen atoms in total. The molecule has 33 heavy (non-hydrogen) atoms. The van der Waals surface area contributed by atoms with Crippen molar-refractivity contribution in [2.45, 2.75) is 25.7 Å². The fourth-order valence-electron chi connectivity index (χ4n) is 4.52. The Bertz CT molecular complexity index is 1240. The van der Waals surface area contributed by atoms with Gasteiger partial charge < -0.3 is 9.80 Å². The maximum atomic E-state index is 13.3. The SMILES string of the molecule is Cc1cc(C)c(S(=O)(=O)Nc2ccccc2C(=O)N2CCN(c3ccccc3)CC2)c(C)c1. The Morgan fingerprint density at radius 1 is 0.818 bits per heavy atom. The number of carbonyl (C=O) groups excluding carboxylic acids is 1. The molecule has 7 heteroatoms. The first-order chi connectivity index (χ1) is 15.8. The normalized spacial score (nSPS) is 14.3. The van der Waals surface area contributed by atoms with Crippen LogP contribution in [0.4, 0.5) is 11.4 Å². The predicted molar refractivity (Wildman–Crippen MR) is 132 cm³/mol. The maximum Gasteiger partial charge on any atom is 0.262 e. The molecule has 4 rings (SSSR count). The van der Waals surface area contributed by atoms with Crippen molar-refractivity contribution >= 4 is 27.3 Å². The van der Waals surface area contributed by atoms with Crippen LogP contribution in [0, 0.1) is 20.8 Å². The number of amides is 1. The molecule has 3 aromatic carbocycles. The predicted octanol–water partition coefficient (Wildman–Crippen LogP) is 4.38. The zero-order valence-electron chi connectivity index (χ0n) is 19.2. The molecule has 1 aliphatic heterocycles. The number of para-hydroxylation sites is 2. The van der Waals surface area contributed by atoms with Crippen LogP contribution >= 0.6 is 0 Å². The van der Waals surface area contributed by atoms with Crippen molar-refractivity contribution in [3.05, 3.63) is 89.0 Å². The minimum Gasteiger partial charge on any atom is -0.368 e. The van der Waals surface area contributed by atoms with E-state index >= 15 is 0 Å². The second-order valence-electron chi connectivity index (χ2n) is 8.49. The quantitative estimate of drug-likeness (QED) is 0.610. The van der Waals surface area contributed by atoms with Crippen molar-refractivity contribution in [3.8, 4) is 0 Å². The van der Waals surface area contributed by atoms with Gasteiger partial charge in [-0.05, 0) is 56.2 Å². The summed E-state index contributed by atoms with van der Waals surface area (Å²) in [6.07, 6.45) is 0. The molecule has 0 radical (unpaired) electrons. The second kappa shape index (κ2) is 9.27. The third kappa shape index (κ3) is 4.88. The molecule has 1 amide bonds. The topological polar surface area (TPSA) is 69.7 Å². The Morgan fingerprint density at radius 3 is 2.03 bits per heavy atom. The van der Waals surface area contributed by atoms with Gasteiger partial charge in [-0.25, -0.2) is 8.42 Å². The first kappa shape index (κ1) is 22.9. The van der Waals surface area contributed by atoms with Gasteiger partial charge in [0, 0.05) is 31.9 Å². The first-order valence-corrected chi connectivity index (χ1v) is 12.5. The highest BCUT2D eigenvalue weighted by Gasteiger charge is 2.26. The number of anilines is 2. The lowest BCUT2D eigenvalue weighted by atomic mass is 10.1. The Labute approximate surface area is 195 Å². The van der Waals surface area contributed by atoms with E-state index in [0.717, 1.165) is 24.3 Å². The number of hydrogen-bond acceptors (Lipinski definition) is 4. The van der Waals surface area contributed by atoms with Crippen molar-refractivity contribution < 1.29 is 13.2 Å². The fraction of sp³-hybridized carbons (Fsp3) is 0.269. The van der Waals surface area contributed by atoms with Crippen LogP contribution in [-0.2, 0) is 10.0 Å². The second-order valence-corrected chi connectivity index (χ2v) is 10.1. The zero-order valence-corrected chi connectivity index (χ0v) is 20.0.